The Morgan fingerprint density at radius 1 is 1.37 bits per heavy atom. The van der Waals surface area contributed by atoms with Crippen molar-refractivity contribution < 1.29 is 19.1 Å². The van der Waals surface area contributed by atoms with E-state index in [0.717, 1.165) is 19.3 Å². The molecule has 19 heavy (non-hydrogen) atoms. The highest BCUT2D eigenvalue weighted by molar-refractivity contribution is 5.86. The van der Waals surface area contributed by atoms with Crippen molar-refractivity contribution >= 4 is 17.7 Å². The van der Waals surface area contributed by atoms with Crippen molar-refractivity contribution in [3.8, 4) is 0 Å². The third kappa shape index (κ3) is 1.86. The molecular weight excluding hydrogens is 246 g/mol. The first-order chi connectivity index (χ1) is 9.05. The highest BCUT2D eigenvalue weighted by atomic mass is 16.5. The summed E-state index contributed by atoms with van der Waals surface area (Å²) in [5.74, 6) is 0.0362. The largest absolute Gasteiger partial charge is 0.469 e. The van der Waals surface area contributed by atoms with E-state index in [4.69, 9.17) is 4.74 Å². The minimum atomic E-state index is -0.289. The van der Waals surface area contributed by atoms with E-state index in [-0.39, 0.29) is 41.5 Å². The number of piperidine rings is 1. The average Bonchev–Trinajstić information content (AvgIpc) is 2.72. The van der Waals surface area contributed by atoms with Gasteiger partial charge in [0, 0.05) is 30.8 Å². The molecule has 0 aromatic rings. The molecule has 0 radical (unpaired) electrons. The summed E-state index contributed by atoms with van der Waals surface area (Å²) < 4.78 is 4.71. The van der Waals surface area contributed by atoms with Gasteiger partial charge in [0.15, 0.2) is 0 Å². The maximum atomic E-state index is 12.1. The lowest BCUT2D eigenvalue weighted by molar-refractivity contribution is -0.152. The van der Waals surface area contributed by atoms with Gasteiger partial charge in [-0.15, -0.1) is 0 Å². The maximum absolute atomic E-state index is 12.1. The highest BCUT2D eigenvalue weighted by Gasteiger charge is 2.55. The third-order valence-corrected chi connectivity index (χ3v) is 5.17. The van der Waals surface area contributed by atoms with Crippen LogP contribution in [0.5, 0.6) is 0 Å². The molecule has 1 aliphatic carbocycles. The Hall–Kier alpha value is -1.39. The van der Waals surface area contributed by atoms with E-state index in [1.165, 1.54) is 7.11 Å². The number of ether oxygens (including phenoxy) is 1. The van der Waals surface area contributed by atoms with Gasteiger partial charge < -0.3 is 9.64 Å². The second-order valence-electron chi connectivity index (χ2n) is 6.05. The van der Waals surface area contributed by atoms with E-state index in [2.05, 4.69) is 0 Å². The minimum absolute atomic E-state index is 0.0598. The molecule has 2 aliphatic heterocycles. The summed E-state index contributed by atoms with van der Waals surface area (Å²) >= 11 is 0. The van der Waals surface area contributed by atoms with Crippen molar-refractivity contribution in [3.05, 3.63) is 0 Å². The first-order valence-corrected chi connectivity index (χ1v) is 6.96. The van der Waals surface area contributed by atoms with E-state index in [1.807, 2.05) is 4.90 Å². The van der Waals surface area contributed by atoms with Crippen LogP contribution in [0.3, 0.4) is 0 Å². The average molecular weight is 265 g/mol. The standard InChI is InChI=1S/C14H19NO4/c1-19-13(18)6-9-8-15-12(17)3-5-14(15)4-2-11(16)10(9)7-14/h9-10H,2-8H2,1H3/t9-,10?,14?/m1/s1. The molecule has 1 saturated carbocycles. The topological polar surface area (TPSA) is 63.7 Å². The number of rotatable bonds is 2. The van der Waals surface area contributed by atoms with Crippen LogP contribution in [0.1, 0.15) is 38.5 Å². The number of ketones is 1. The molecule has 0 aromatic heterocycles. The van der Waals surface area contributed by atoms with Gasteiger partial charge in [-0.2, -0.15) is 0 Å². The highest BCUT2D eigenvalue weighted by Crippen LogP contribution is 2.49. The fourth-order valence-corrected chi connectivity index (χ4v) is 4.10. The van der Waals surface area contributed by atoms with Gasteiger partial charge in [0.25, 0.3) is 0 Å². The first-order valence-electron chi connectivity index (χ1n) is 6.96. The molecular formula is C14H19NO4. The summed E-state index contributed by atoms with van der Waals surface area (Å²) in [6, 6.07) is 0. The predicted octanol–water partition coefficient (Wildman–Crippen LogP) is 0.910. The molecule has 2 bridgehead atoms. The second kappa shape index (κ2) is 4.32. The Morgan fingerprint density at radius 3 is 2.84 bits per heavy atom. The zero-order chi connectivity index (χ0) is 13.6. The van der Waals surface area contributed by atoms with Crippen LogP contribution in [0.4, 0.5) is 0 Å². The Kier molecular flexibility index (Phi) is 2.87. The lowest BCUT2D eigenvalue weighted by Crippen LogP contribution is -2.59. The molecule has 3 fully saturated rings. The molecule has 2 heterocycles. The number of nitrogens with zero attached hydrogens (tertiary/aromatic N) is 1. The third-order valence-electron chi connectivity index (χ3n) is 5.17. The summed E-state index contributed by atoms with van der Waals surface area (Å²) in [5.41, 5.74) is -0.0811. The van der Waals surface area contributed by atoms with E-state index in [9.17, 15) is 14.4 Å². The van der Waals surface area contributed by atoms with E-state index in [0.29, 0.717) is 19.4 Å². The van der Waals surface area contributed by atoms with Gasteiger partial charge in [0.1, 0.15) is 5.78 Å². The van der Waals surface area contributed by atoms with Crippen LogP contribution in [-0.4, -0.2) is 41.8 Å². The lowest BCUT2D eigenvalue weighted by Gasteiger charge is -2.51. The first kappa shape index (κ1) is 12.6. The van der Waals surface area contributed by atoms with Gasteiger partial charge in [-0.05, 0) is 25.2 Å². The quantitative estimate of drug-likeness (QED) is 0.696. The van der Waals surface area contributed by atoms with Crippen molar-refractivity contribution in [2.75, 3.05) is 13.7 Å². The fourth-order valence-electron chi connectivity index (χ4n) is 4.10. The number of carbonyl (C=O) groups is 3. The smallest absolute Gasteiger partial charge is 0.305 e. The predicted molar refractivity (Wildman–Crippen MR) is 66.1 cm³/mol. The summed E-state index contributed by atoms with van der Waals surface area (Å²) in [6.07, 6.45) is 3.81. The molecule has 2 unspecified atom stereocenters. The molecule has 0 N–H and O–H groups in total. The monoisotopic (exact) mass is 265 g/mol. The van der Waals surface area contributed by atoms with Crippen LogP contribution in [0.2, 0.25) is 0 Å². The number of Topliss-reactive ketones (excluding diaryl/α,β-unsaturated/α-hetero) is 1. The van der Waals surface area contributed by atoms with Gasteiger partial charge in [0.05, 0.1) is 13.5 Å². The zero-order valence-electron chi connectivity index (χ0n) is 11.2. The molecule has 0 aromatic carbocycles. The number of carbonyl (C=O) groups excluding carboxylic acids is 3. The van der Waals surface area contributed by atoms with Crippen molar-refractivity contribution in [1.82, 2.24) is 4.90 Å². The van der Waals surface area contributed by atoms with Crippen molar-refractivity contribution in [2.24, 2.45) is 11.8 Å². The molecule has 104 valence electrons. The van der Waals surface area contributed by atoms with Gasteiger partial charge in [0.2, 0.25) is 5.91 Å². The number of fused-ring (bicyclic) bond motifs is 1. The van der Waals surface area contributed by atoms with Crippen LogP contribution >= 0.6 is 0 Å². The normalized spacial score (nSPS) is 37.2. The summed E-state index contributed by atoms with van der Waals surface area (Å²) in [5, 5.41) is 0. The zero-order valence-corrected chi connectivity index (χ0v) is 11.2. The van der Waals surface area contributed by atoms with Crippen LogP contribution < -0.4 is 0 Å². The Morgan fingerprint density at radius 2 is 2.11 bits per heavy atom. The number of methoxy groups -OCH3 is 1. The number of esters is 1. The van der Waals surface area contributed by atoms with Crippen LogP contribution in [0.25, 0.3) is 0 Å². The molecule has 5 nitrogen and oxygen atoms in total. The summed E-state index contributed by atoms with van der Waals surface area (Å²) in [6.45, 7) is 0.546. The Labute approximate surface area is 112 Å². The van der Waals surface area contributed by atoms with E-state index >= 15 is 0 Å². The van der Waals surface area contributed by atoms with E-state index < -0.39 is 0 Å². The number of hydrogen-bond donors (Lipinski definition) is 0. The van der Waals surface area contributed by atoms with Gasteiger partial charge >= 0.3 is 5.97 Å². The molecule has 3 rings (SSSR count). The van der Waals surface area contributed by atoms with Crippen LogP contribution in [0, 0.1) is 11.8 Å². The molecule has 2 saturated heterocycles. The second-order valence-corrected chi connectivity index (χ2v) is 6.05. The van der Waals surface area contributed by atoms with Gasteiger partial charge in [-0.1, -0.05) is 0 Å². The molecule has 1 amide bonds. The number of hydrogen-bond acceptors (Lipinski definition) is 4. The van der Waals surface area contributed by atoms with Gasteiger partial charge in [-0.25, -0.2) is 0 Å². The Bertz CT molecular complexity index is 447. The fraction of sp³-hybridized carbons (Fsp3) is 0.786. The lowest BCUT2D eigenvalue weighted by atomic mass is 9.65. The number of amides is 1. The minimum Gasteiger partial charge on any atom is -0.469 e. The van der Waals surface area contributed by atoms with E-state index in [1.54, 1.807) is 0 Å². The maximum Gasteiger partial charge on any atom is 0.305 e. The molecule has 1 spiro atoms. The van der Waals surface area contributed by atoms with Crippen LogP contribution in [-0.2, 0) is 19.1 Å². The Balaban J connectivity index is 1.85. The molecule has 5 heteroatoms. The summed E-state index contributed by atoms with van der Waals surface area (Å²) in [4.78, 5) is 37.5. The SMILES string of the molecule is COC(=O)C[C@@H]1CN2C(=O)CCC23CCC(=O)C1C3. The molecule has 3 aliphatic rings. The van der Waals surface area contributed by atoms with Crippen molar-refractivity contribution in [1.29, 1.82) is 0 Å². The van der Waals surface area contributed by atoms with Crippen molar-refractivity contribution in [3.63, 3.8) is 0 Å². The van der Waals surface area contributed by atoms with Crippen molar-refractivity contribution in [2.45, 2.75) is 44.1 Å². The molecule has 3 atom stereocenters. The van der Waals surface area contributed by atoms with Crippen LogP contribution in [0.15, 0.2) is 0 Å². The van der Waals surface area contributed by atoms with Gasteiger partial charge in [-0.3, -0.25) is 14.4 Å². The summed E-state index contributed by atoms with van der Waals surface area (Å²) in [7, 11) is 1.36.